The highest BCUT2D eigenvalue weighted by Gasteiger charge is 2.28. The number of hydrogen-bond acceptors (Lipinski definition) is 2. The molecular weight excluding hydrogens is 274 g/mol. The molecule has 0 spiro atoms. The van der Waals surface area contributed by atoms with Gasteiger partial charge in [-0.05, 0) is 19.1 Å². The molecule has 4 rings (SSSR count). The van der Waals surface area contributed by atoms with E-state index in [0.29, 0.717) is 16.7 Å². The number of allylic oxidation sites excluding steroid dienone is 2. The Balaban J connectivity index is 1.99. The van der Waals surface area contributed by atoms with Crippen molar-refractivity contribution in [2.45, 2.75) is 6.92 Å². The second-order valence-corrected chi connectivity index (χ2v) is 5.47. The van der Waals surface area contributed by atoms with E-state index in [4.69, 9.17) is 0 Å². The third-order valence-electron chi connectivity index (χ3n) is 4.12. The number of Topliss-reactive ketones (excluding diaryl/α,β-unsaturated/α-hetero) is 1. The number of para-hydroxylation sites is 1. The van der Waals surface area contributed by atoms with E-state index in [9.17, 15) is 9.59 Å². The van der Waals surface area contributed by atoms with E-state index in [1.54, 1.807) is 24.3 Å². The summed E-state index contributed by atoms with van der Waals surface area (Å²) in [7, 11) is 0. The van der Waals surface area contributed by atoms with E-state index >= 15 is 0 Å². The molecule has 1 heterocycles. The minimum absolute atomic E-state index is 0.0944. The maximum absolute atomic E-state index is 12.8. The summed E-state index contributed by atoms with van der Waals surface area (Å²) in [5, 5.41) is 0.965. The Kier molecular flexibility index (Phi) is 2.63. The number of aromatic nitrogens is 1. The van der Waals surface area contributed by atoms with Gasteiger partial charge in [-0.2, -0.15) is 0 Å². The molecule has 3 heteroatoms. The first kappa shape index (κ1) is 12.8. The number of aromatic amines is 1. The number of aryl methyl sites for hydroxylation is 1. The van der Waals surface area contributed by atoms with Crippen LogP contribution in [0.25, 0.3) is 16.5 Å². The molecule has 106 valence electrons. The predicted molar refractivity (Wildman–Crippen MR) is 86.1 cm³/mol. The number of fused-ring (bicyclic) bond motifs is 2. The number of carbonyl (C=O) groups excluding carboxylic acids is 2. The van der Waals surface area contributed by atoms with Crippen molar-refractivity contribution in [1.82, 2.24) is 4.98 Å². The number of hydrogen-bond donors (Lipinski definition) is 1. The van der Waals surface area contributed by atoms with Gasteiger partial charge in [0, 0.05) is 38.9 Å². The molecular formula is C19H13NO2. The van der Waals surface area contributed by atoms with Gasteiger partial charge in [0.2, 0.25) is 0 Å². The van der Waals surface area contributed by atoms with Gasteiger partial charge in [0.15, 0.2) is 11.6 Å². The number of carbonyl (C=O) groups is 2. The van der Waals surface area contributed by atoms with Crippen LogP contribution in [0.3, 0.4) is 0 Å². The van der Waals surface area contributed by atoms with Crippen molar-refractivity contribution in [3.05, 3.63) is 77.0 Å². The van der Waals surface area contributed by atoms with E-state index in [-0.39, 0.29) is 11.6 Å². The summed E-state index contributed by atoms with van der Waals surface area (Å²) in [5.74, 6) is -0.210. The largest absolute Gasteiger partial charge is 0.358 e. The molecule has 0 radical (unpaired) electrons. The topological polar surface area (TPSA) is 49.9 Å². The standard InChI is InChI=1S/C19H13NO2/c1-11-18(14-8-4-5-9-16(14)20-11)15-10-17(21)12-6-2-3-7-13(12)19(15)22/h2-10,20H,1H3. The van der Waals surface area contributed by atoms with Crippen LogP contribution >= 0.6 is 0 Å². The van der Waals surface area contributed by atoms with Gasteiger partial charge < -0.3 is 4.98 Å². The summed E-state index contributed by atoms with van der Waals surface area (Å²) >= 11 is 0. The van der Waals surface area contributed by atoms with Gasteiger partial charge in [-0.25, -0.2) is 0 Å². The van der Waals surface area contributed by atoms with Gasteiger partial charge in [-0.1, -0.05) is 42.5 Å². The Morgan fingerprint density at radius 2 is 1.55 bits per heavy atom. The lowest BCUT2D eigenvalue weighted by Crippen LogP contribution is -2.16. The highest BCUT2D eigenvalue weighted by Crippen LogP contribution is 2.34. The average molecular weight is 287 g/mol. The molecule has 0 fully saturated rings. The third-order valence-corrected chi connectivity index (χ3v) is 4.12. The molecule has 0 aliphatic heterocycles. The number of rotatable bonds is 1. The summed E-state index contributed by atoms with van der Waals surface area (Å²) < 4.78 is 0. The van der Waals surface area contributed by atoms with Crippen molar-refractivity contribution < 1.29 is 9.59 Å². The first-order valence-corrected chi connectivity index (χ1v) is 7.14. The number of benzene rings is 2. The monoisotopic (exact) mass is 287 g/mol. The molecule has 3 aromatic rings. The molecule has 0 bridgehead atoms. The minimum atomic E-state index is -0.116. The first-order valence-electron chi connectivity index (χ1n) is 7.14. The molecule has 0 saturated heterocycles. The van der Waals surface area contributed by atoms with Crippen molar-refractivity contribution in [2.75, 3.05) is 0 Å². The van der Waals surface area contributed by atoms with Crippen LogP contribution in [-0.4, -0.2) is 16.6 Å². The molecule has 0 atom stereocenters. The Hall–Kier alpha value is -2.94. The van der Waals surface area contributed by atoms with E-state index in [0.717, 1.165) is 22.2 Å². The fourth-order valence-corrected chi connectivity index (χ4v) is 3.12. The van der Waals surface area contributed by atoms with Gasteiger partial charge in [-0.15, -0.1) is 0 Å². The van der Waals surface area contributed by atoms with E-state index in [1.165, 1.54) is 6.08 Å². The van der Waals surface area contributed by atoms with Gasteiger partial charge in [0.25, 0.3) is 0 Å². The van der Waals surface area contributed by atoms with Crippen LogP contribution in [0.1, 0.15) is 32.0 Å². The second-order valence-electron chi connectivity index (χ2n) is 5.47. The van der Waals surface area contributed by atoms with E-state index < -0.39 is 0 Å². The third kappa shape index (κ3) is 1.69. The highest BCUT2D eigenvalue weighted by atomic mass is 16.1. The van der Waals surface area contributed by atoms with Crippen LogP contribution in [-0.2, 0) is 0 Å². The normalized spacial score (nSPS) is 14.1. The summed E-state index contributed by atoms with van der Waals surface area (Å²) in [6, 6.07) is 14.8. The zero-order valence-electron chi connectivity index (χ0n) is 12.0. The first-order chi connectivity index (χ1) is 10.7. The van der Waals surface area contributed by atoms with Gasteiger partial charge in [0.05, 0.1) is 0 Å². The predicted octanol–water partition coefficient (Wildman–Crippen LogP) is 3.94. The van der Waals surface area contributed by atoms with Crippen LogP contribution < -0.4 is 0 Å². The number of nitrogens with one attached hydrogen (secondary N) is 1. The Morgan fingerprint density at radius 3 is 2.36 bits per heavy atom. The maximum Gasteiger partial charge on any atom is 0.194 e. The summed E-state index contributed by atoms with van der Waals surface area (Å²) in [5.41, 5.74) is 4.12. The average Bonchev–Trinajstić information content (AvgIpc) is 2.87. The van der Waals surface area contributed by atoms with Crippen LogP contribution in [0.4, 0.5) is 0 Å². The van der Waals surface area contributed by atoms with E-state index in [2.05, 4.69) is 4.98 Å². The quantitative estimate of drug-likeness (QED) is 0.737. The van der Waals surface area contributed by atoms with Crippen molar-refractivity contribution in [3.8, 4) is 0 Å². The Labute approximate surface area is 127 Å². The maximum atomic E-state index is 12.8. The van der Waals surface area contributed by atoms with Crippen LogP contribution in [0.2, 0.25) is 0 Å². The lowest BCUT2D eigenvalue weighted by atomic mass is 9.85. The Morgan fingerprint density at radius 1 is 0.864 bits per heavy atom. The second kappa shape index (κ2) is 4.53. The van der Waals surface area contributed by atoms with Crippen molar-refractivity contribution in [1.29, 1.82) is 0 Å². The Bertz CT molecular complexity index is 976. The minimum Gasteiger partial charge on any atom is -0.358 e. The lowest BCUT2D eigenvalue weighted by Gasteiger charge is -2.15. The van der Waals surface area contributed by atoms with Crippen LogP contribution in [0, 0.1) is 6.92 Å². The molecule has 3 nitrogen and oxygen atoms in total. The van der Waals surface area contributed by atoms with Gasteiger partial charge >= 0.3 is 0 Å². The molecule has 1 aliphatic carbocycles. The van der Waals surface area contributed by atoms with E-state index in [1.807, 2.05) is 31.2 Å². The fraction of sp³-hybridized carbons (Fsp3) is 0.0526. The van der Waals surface area contributed by atoms with Gasteiger partial charge in [-0.3, -0.25) is 9.59 Å². The molecule has 2 aromatic carbocycles. The van der Waals surface area contributed by atoms with Crippen molar-refractivity contribution in [2.24, 2.45) is 0 Å². The molecule has 1 aromatic heterocycles. The molecule has 1 N–H and O–H groups in total. The summed E-state index contributed by atoms with van der Waals surface area (Å²) in [6.45, 7) is 1.93. The van der Waals surface area contributed by atoms with Crippen molar-refractivity contribution >= 4 is 28.0 Å². The zero-order chi connectivity index (χ0) is 15.3. The van der Waals surface area contributed by atoms with Crippen molar-refractivity contribution in [3.63, 3.8) is 0 Å². The van der Waals surface area contributed by atoms with Gasteiger partial charge in [0.1, 0.15) is 0 Å². The number of ketones is 2. The summed E-state index contributed by atoms with van der Waals surface area (Å²) in [6.07, 6.45) is 1.47. The molecule has 0 saturated carbocycles. The smallest absolute Gasteiger partial charge is 0.194 e. The van der Waals surface area contributed by atoms with Crippen LogP contribution in [0.15, 0.2) is 54.6 Å². The lowest BCUT2D eigenvalue weighted by molar-refractivity contribution is 0.100. The fourth-order valence-electron chi connectivity index (χ4n) is 3.12. The molecule has 0 amide bonds. The highest BCUT2D eigenvalue weighted by molar-refractivity contribution is 6.40. The van der Waals surface area contributed by atoms with Crippen LogP contribution in [0.5, 0.6) is 0 Å². The summed E-state index contributed by atoms with van der Waals surface area (Å²) in [4.78, 5) is 28.4. The molecule has 22 heavy (non-hydrogen) atoms. The zero-order valence-corrected chi connectivity index (χ0v) is 12.0. The molecule has 0 unspecified atom stereocenters. The molecule has 1 aliphatic rings. The number of H-pyrrole nitrogens is 1. The SMILES string of the molecule is Cc1[nH]c2ccccc2c1C1=CC(=O)c2ccccc2C1=O.